The third kappa shape index (κ3) is 10.6. The van der Waals surface area contributed by atoms with Gasteiger partial charge in [-0.05, 0) is 52.7 Å². The minimum atomic E-state index is -0.524. The van der Waals surface area contributed by atoms with Gasteiger partial charge >= 0.3 is 6.09 Å². The van der Waals surface area contributed by atoms with Crippen LogP contribution in [0, 0.1) is 0 Å². The van der Waals surface area contributed by atoms with Crippen LogP contribution in [0.1, 0.15) is 40.2 Å². The summed E-state index contributed by atoms with van der Waals surface area (Å²) >= 11 is 0. The number of nitrogens with one attached hydrogen (secondary N) is 3. The number of rotatable bonds is 7. The van der Waals surface area contributed by atoms with Crippen molar-refractivity contribution in [3.8, 4) is 5.75 Å². The molecule has 0 atom stereocenters. The molecule has 1 rings (SSSR count). The van der Waals surface area contributed by atoms with Gasteiger partial charge in [0.1, 0.15) is 11.4 Å². The van der Waals surface area contributed by atoms with E-state index in [9.17, 15) is 4.79 Å². The first-order valence-electron chi connectivity index (χ1n) is 9.14. The molecule has 0 aliphatic rings. The SMILES string of the molecule is CN=C(NCCc1ccccc1OC)NCC(C)(C)NC(=O)OC(C)(C)C.I. The van der Waals surface area contributed by atoms with Gasteiger partial charge in [-0.15, -0.1) is 24.0 Å². The predicted molar refractivity (Wildman–Crippen MR) is 125 cm³/mol. The van der Waals surface area contributed by atoms with E-state index in [1.165, 1.54) is 0 Å². The molecule has 1 aromatic rings. The summed E-state index contributed by atoms with van der Waals surface area (Å²) in [6, 6.07) is 7.95. The van der Waals surface area contributed by atoms with Gasteiger partial charge in [0.2, 0.25) is 0 Å². The van der Waals surface area contributed by atoms with E-state index in [0.29, 0.717) is 19.0 Å². The highest BCUT2D eigenvalue weighted by molar-refractivity contribution is 14.0. The average molecular weight is 506 g/mol. The van der Waals surface area contributed by atoms with E-state index in [2.05, 4.69) is 20.9 Å². The normalized spacial score (nSPS) is 11.9. The van der Waals surface area contributed by atoms with E-state index in [4.69, 9.17) is 9.47 Å². The van der Waals surface area contributed by atoms with Crippen molar-refractivity contribution in [3.05, 3.63) is 29.8 Å². The first-order valence-corrected chi connectivity index (χ1v) is 9.14. The molecule has 0 aromatic heterocycles. The Morgan fingerprint density at radius 1 is 1.11 bits per heavy atom. The summed E-state index contributed by atoms with van der Waals surface area (Å²) in [6.07, 6.45) is 0.373. The molecule has 0 spiro atoms. The fraction of sp³-hybridized carbons (Fsp3) is 0.600. The Kier molecular flexibility index (Phi) is 11.2. The first-order chi connectivity index (χ1) is 12.6. The van der Waals surface area contributed by atoms with Gasteiger partial charge in [0.25, 0.3) is 0 Å². The van der Waals surface area contributed by atoms with Crippen LogP contribution < -0.4 is 20.7 Å². The predicted octanol–water partition coefficient (Wildman–Crippen LogP) is 3.32. The van der Waals surface area contributed by atoms with Crippen molar-refractivity contribution in [1.82, 2.24) is 16.0 Å². The van der Waals surface area contributed by atoms with Crippen molar-refractivity contribution in [2.75, 3.05) is 27.2 Å². The highest BCUT2D eigenvalue weighted by atomic mass is 127. The van der Waals surface area contributed by atoms with Gasteiger partial charge in [-0.1, -0.05) is 18.2 Å². The second-order valence-corrected chi connectivity index (χ2v) is 7.93. The lowest BCUT2D eigenvalue weighted by Crippen LogP contribution is -2.54. The van der Waals surface area contributed by atoms with Crippen LogP contribution in [-0.2, 0) is 11.2 Å². The number of hydrogen-bond acceptors (Lipinski definition) is 4. The van der Waals surface area contributed by atoms with E-state index in [1.807, 2.05) is 58.9 Å². The van der Waals surface area contributed by atoms with Gasteiger partial charge in [0, 0.05) is 20.1 Å². The Hall–Kier alpha value is -1.71. The molecule has 0 aliphatic carbocycles. The number of benzene rings is 1. The summed E-state index contributed by atoms with van der Waals surface area (Å²) in [5, 5.41) is 9.37. The number of amides is 1. The molecule has 0 bridgehead atoms. The third-order valence-corrected chi connectivity index (χ3v) is 3.64. The Labute approximate surface area is 186 Å². The van der Waals surface area contributed by atoms with Gasteiger partial charge < -0.3 is 25.4 Å². The lowest BCUT2D eigenvalue weighted by atomic mass is 10.1. The number of ether oxygens (including phenoxy) is 2. The maximum Gasteiger partial charge on any atom is 0.408 e. The quantitative estimate of drug-likeness (QED) is 0.300. The molecule has 0 saturated carbocycles. The van der Waals surface area contributed by atoms with Gasteiger partial charge in [0.15, 0.2) is 5.96 Å². The highest BCUT2D eigenvalue weighted by Crippen LogP contribution is 2.17. The maximum atomic E-state index is 12.0. The Morgan fingerprint density at radius 2 is 1.75 bits per heavy atom. The smallest absolute Gasteiger partial charge is 0.408 e. The molecule has 160 valence electrons. The summed E-state index contributed by atoms with van der Waals surface area (Å²) < 4.78 is 10.7. The van der Waals surface area contributed by atoms with Crippen LogP contribution >= 0.6 is 24.0 Å². The Morgan fingerprint density at radius 3 is 2.32 bits per heavy atom. The van der Waals surface area contributed by atoms with Crippen molar-refractivity contribution in [1.29, 1.82) is 0 Å². The molecular formula is C20H35IN4O3. The number of aliphatic imine (C=N–C) groups is 1. The van der Waals surface area contributed by atoms with Crippen LogP contribution in [0.25, 0.3) is 0 Å². The first kappa shape index (κ1) is 26.3. The fourth-order valence-corrected chi connectivity index (χ4v) is 2.37. The van der Waals surface area contributed by atoms with Crippen molar-refractivity contribution in [3.63, 3.8) is 0 Å². The number of carbonyl (C=O) groups is 1. The number of alkyl carbamates (subject to hydrolysis) is 1. The number of methoxy groups -OCH3 is 1. The molecule has 0 saturated heterocycles. The van der Waals surface area contributed by atoms with Crippen molar-refractivity contribution >= 4 is 36.0 Å². The lowest BCUT2D eigenvalue weighted by molar-refractivity contribution is 0.0474. The van der Waals surface area contributed by atoms with E-state index in [0.717, 1.165) is 17.7 Å². The van der Waals surface area contributed by atoms with Crippen LogP contribution in [0.5, 0.6) is 5.75 Å². The minimum Gasteiger partial charge on any atom is -0.496 e. The van der Waals surface area contributed by atoms with Crippen LogP contribution in [0.2, 0.25) is 0 Å². The molecule has 0 radical (unpaired) electrons. The zero-order chi connectivity index (χ0) is 20.5. The van der Waals surface area contributed by atoms with Crippen LogP contribution in [0.3, 0.4) is 0 Å². The van der Waals surface area contributed by atoms with E-state index >= 15 is 0 Å². The summed E-state index contributed by atoms with van der Waals surface area (Å²) in [6.45, 7) is 10.6. The molecule has 1 aromatic carbocycles. The number of para-hydroxylation sites is 1. The monoisotopic (exact) mass is 506 g/mol. The molecule has 28 heavy (non-hydrogen) atoms. The Balaban J connectivity index is 0.00000729. The van der Waals surface area contributed by atoms with Crippen molar-refractivity contribution < 1.29 is 14.3 Å². The van der Waals surface area contributed by atoms with Gasteiger partial charge in [-0.25, -0.2) is 4.79 Å². The van der Waals surface area contributed by atoms with Crippen molar-refractivity contribution in [2.45, 2.75) is 52.2 Å². The molecule has 0 aliphatic heterocycles. The molecule has 7 nitrogen and oxygen atoms in total. The topological polar surface area (TPSA) is 84.0 Å². The number of halogens is 1. The van der Waals surface area contributed by atoms with Crippen molar-refractivity contribution in [2.24, 2.45) is 4.99 Å². The third-order valence-electron chi connectivity index (χ3n) is 3.64. The molecule has 0 unspecified atom stereocenters. The zero-order valence-corrected chi connectivity index (χ0v) is 20.3. The second kappa shape index (κ2) is 12.0. The fourth-order valence-electron chi connectivity index (χ4n) is 2.37. The van der Waals surface area contributed by atoms with Gasteiger partial charge in [-0.2, -0.15) is 0 Å². The second-order valence-electron chi connectivity index (χ2n) is 7.93. The minimum absolute atomic E-state index is 0. The molecule has 0 heterocycles. The van der Waals surface area contributed by atoms with Crippen LogP contribution in [-0.4, -0.2) is 50.4 Å². The molecule has 0 fully saturated rings. The highest BCUT2D eigenvalue weighted by Gasteiger charge is 2.24. The summed E-state index contributed by atoms with van der Waals surface area (Å²) in [7, 11) is 3.39. The standard InChI is InChI=1S/C20H34N4O3.HI/c1-19(2,3)27-18(25)24-20(4,5)14-23-17(21-6)22-13-12-15-10-8-9-11-16(15)26-7;/h8-11H,12-14H2,1-7H3,(H,24,25)(H2,21,22,23);1H. The molecule has 1 amide bonds. The largest absolute Gasteiger partial charge is 0.496 e. The Bertz CT molecular complexity index is 643. The molecular weight excluding hydrogens is 471 g/mol. The number of nitrogens with zero attached hydrogens (tertiary/aromatic N) is 1. The summed E-state index contributed by atoms with van der Waals surface area (Å²) in [5.74, 6) is 1.55. The van der Waals surface area contributed by atoms with Crippen LogP contribution in [0.4, 0.5) is 4.79 Å². The maximum absolute atomic E-state index is 12.0. The number of carbonyl (C=O) groups excluding carboxylic acids is 1. The lowest BCUT2D eigenvalue weighted by Gasteiger charge is -2.29. The molecule has 8 heteroatoms. The van der Waals surface area contributed by atoms with Gasteiger partial charge in [0.05, 0.1) is 12.6 Å². The van der Waals surface area contributed by atoms with Crippen LogP contribution in [0.15, 0.2) is 29.3 Å². The summed E-state index contributed by atoms with van der Waals surface area (Å²) in [4.78, 5) is 16.2. The zero-order valence-electron chi connectivity index (χ0n) is 18.0. The average Bonchev–Trinajstić information content (AvgIpc) is 2.55. The van der Waals surface area contributed by atoms with E-state index in [1.54, 1.807) is 14.2 Å². The number of guanidine groups is 1. The summed E-state index contributed by atoms with van der Waals surface area (Å²) in [5.41, 5.74) is 0.113. The van der Waals surface area contributed by atoms with E-state index in [-0.39, 0.29) is 24.0 Å². The van der Waals surface area contributed by atoms with E-state index < -0.39 is 17.2 Å². The van der Waals surface area contributed by atoms with Gasteiger partial charge in [-0.3, -0.25) is 4.99 Å². The number of hydrogen-bond donors (Lipinski definition) is 3. The molecule has 3 N–H and O–H groups in total.